The Kier molecular flexibility index (Phi) is 6.61. The zero-order valence-electron chi connectivity index (χ0n) is 16.7. The maximum atomic E-state index is 12.3. The minimum Gasteiger partial charge on any atom is -0.486 e. The van der Waals surface area contributed by atoms with Crippen molar-refractivity contribution >= 4 is 27.4 Å². The maximum Gasteiger partial charge on any atom is 0.307 e. The van der Waals surface area contributed by atoms with Gasteiger partial charge in [0.25, 0.3) is 5.91 Å². The lowest BCUT2D eigenvalue weighted by Crippen LogP contribution is -2.30. The van der Waals surface area contributed by atoms with Crippen LogP contribution < -0.4 is 14.8 Å². The van der Waals surface area contributed by atoms with Crippen LogP contribution in [0.1, 0.15) is 18.9 Å². The van der Waals surface area contributed by atoms with Gasteiger partial charge in [-0.25, -0.2) is 8.42 Å². The van der Waals surface area contributed by atoms with Crippen LogP contribution in [0.4, 0.5) is 5.69 Å². The van der Waals surface area contributed by atoms with Gasteiger partial charge < -0.3 is 19.5 Å². The molecule has 0 spiro atoms. The van der Waals surface area contributed by atoms with E-state index in [1.165, 1.54) is 19.1 Å². The Morgan fingerprint density at radius 2 is 1.73 bits per heavy atom. The highest BCUT2D eigenvalue weighted by Gasteiger charge is 2.22. The van der Waals surface area contributed by atoms with Gasteiger partial charge in [-0.15, -0.1) is 0 Å². The van der Waals surface area contributed by atoms with Crippen molar-refractivity contribution in [2.75, 3.05) is 24.3 Å². The van der Waals surface area contributed by atoms with E-state index in [1.54, 1.807) is 30.3 Å². The highest BCUT2D eigenvalue weighted by atomic mass is 32.2. The van der Waals surface area contributed by atoms with Crippen molar-refractivity contribution in [3.63, 3.8) is 0 Å². The third kappa shape index (κ3) is 5.50. The molecule has 2 aromatic rings. The average Bonchev–Trinajstić information content (AvgIpc) is 2.72. The number of esters is 1. The molecule has 1 heterocycles. The van der Waals surface area contributed by atoms with E-state index in [-0.39, 0.29) is 11.3 Å². The number of hydrogen-bond donors (Lipinski definition) is 1. The second-order valence-electron chi connectivity index (χ2n) is 6.86. The molecule has 0 bridgehead atoms. The molecule has 1 aliphatic heterocycles. The summed E-state index contributed by atoms with van der Waals surface area (Å²) in [5.41, 5.74) is 1.40. The lowest BCUT2D eigenvalue weighted by Gasteiger charge is -2.19. The van der Waals surface area contributed by atoms with Crippen LogP contribution in [0.3, 0.4) is 0 Å². The molecule has 8 nitrogen and oxygen atoms in total. The molecule has 1 atom stereocenters. The van der Waals surface area contributed by atoms with Crippen molar-refractivity contribution in [1.29, 1.82) is 0 Å². The summed E-state index contributed by atoms with van der Waals surface area (Å²) >= 11 is 0. The molecule has 2 aromatic carbocycles. The summed E-state index contributed by atoms with van der Waals surface area (Å²) in [5.74, 6) is -0.596. The Bertz CT molecular complexity index is 1030. The number of benzene rings is 2. The molecular weight excluding hydrogens is 410 g/mol. The van der Waals surface area contributed by atoms with E-state index < -0.39 is 33.6 Å². The molecule has 0 saturated carbocycles. The van der Waals surface area contributed by atoms with Crippen LogP contribution >= 0.6 is 0 Å². The molecule has 1 unspecified atom stereocenters. The first-order chi connectivity index (χ1) is 14.2. The zero-order chi connectivity index (χ0) is 21.7. The summed E-state index contributed by atoms with van der Waals surface area (Å²) in [6, 6.07) is 11.3. The highest BCUT2D eigenvalue weighted by molar-refractivity contribution is 7.91. The number of aryl methyl sites for hydroxylation is 1. The molecule has 0 fully saturated rings. The largest absolute Gasteiger partial charge is 0.486 e. The summed E-state index contributed by atoms with van der Waals surface area (Å²) in [6.07, 6.45) is -1.44. The van der Waals surface area contributed by atoms with Crippen LogP contribution in [0.25, 0.3) is 0 Å². The van der Waals surface area contributed by atoms with E-state index in [2.05, 4.69) is 5.32 Å². The van der Waals surface area contributed by atoms with Gasteiger partial charge in [-0.3, -0.25) is 9.59 Å². The quantitative estimate of drug-likeness (QED) is 0.669. The van der Waals surface area contributed by atoms with Gasteiger partial charge in [-0.1, -0.05) is 17.7 Å². The third-order valence-corrected chi connectivity index (χ3v) is 6.17. The van der Waals surface area contributed by atoms with Gasteiger partial charge in [-0.2, -0.15) is 0 Å². The van der Waals surface area contributed by atoms with Gasteiger partial charge in [-0.05, 0) is 38.1 Å². The summed E-state index contributed by atoms with van der Waals surface area (Å²) < 4.78 is 40.6. The van der Waals surface area contributed by atoms with Crippen molar-refractivity contribution < 1.29 is 32.2 Å². The summed E-state index contributed by atoms with van der Waals surface area (Å²) in [5, 5.41) is 2.63. The Hall–Kier alpha value is -3.07. The average molecular weight is 433 g/mol. The number of carbonyl (C=O) groups is 2. The fourth-order valence-electron chi connectivity index (χ4n) is 2.76. The van der Waals surface area contributed by atoms with Crippen LogP contribution in [0.2, 0.25) is 0 Å². The van der Waals surface area contributed by atoms with Crippen LogP contribution in [0.15, 0.2) is 47.4 Å². The first-order valence-corrected chi connectivity index (χ1v) is 11.1. The SMILES string of the molecule is Cc1ccc(S(=O)(=O)CCC(=O)OC(C)C(=O)Nc2ccc3c(c2)OCCO3)cc1. The molecule has 0 saturated heterocycles. The summed E-state index contributed by atoms with van der Waals surface area (Å²) in [6.45, 7) is 4.15. The van der Waals surface area contributed by atoms with Crippen molar-refractivity contribution in [2.24, 2.45) is 0 Å². The minimum atomic E-state index is -3.61. The topological polar surface area (TPSA) is 108 Å². The van der Waals surface area contributed by atoms with Crippen LogP contribution in [-0.2, 0) is 24.2 Å². The minimum absolute atomic E-state index is 0.144. The first-order valence-electron chi connectivity index (χ1n) is 9.44. The number of nitrogens with one attached hydrogen (secondary N) is 1. The summed E-state index contributed by atoms with van der Waals surface area (Å²) in [4.78, 5) is 24.5. The molecule has 0 aliphatic carbocycles. The van der Waals surface area contributed by atoms with Crippen LogP contribution in [0, 0.1) is 6.92 Å². The molecule has 30 heavy (non-hydrogen) atoms. The molecule has 0 aromatic heterocycles. The van der Waals surface area contributed by atoms with Crippen molar-refractivity contribution in [3.05, 3.63) is 48.0 Å². The molecule has 1 N–H and O–H groups in total. The van der Waals surface area contributed by atoms with Crippen molar-refractivity contribution in [3.8, 4) is 11.5 Å². The van der Waals surface area contributed by atoms with Crippen molar-refractivity contribution in [2.45, 2.75) is 31.3 Å². The zero-order valence-corrected chi connectivity index (χ0v) is 17.5. The molecule has 1 amide bonds. The predicted molar refractivity (Wildman–Crippen MR) is 109 cm³/mol. The monoisotopic (exact) mass is 433 g/mol. The van der Waals surface area contributed by atoms with E-state index in [4.69, 9.17) is 14.2 Å². The van der Waals surface area contributed by atoms with E-state index in [0.717, 1.165) is 5.56 Å². The van der Waals surface area contributed by atoms with Crippen LogP contribution in [0.5, 0.6) is 11.5 Å². The smallest absolute Gasteiger partial charge is 0.307 e. The highest BCUT2D eigenvalue weighted by Crippen LogP contribution is 2.32. The van der Waals surface area contributed by atoms with Gasteiger partial charge in [0.05, 0.1) is 17.1 Å². The molecule has 1 aliphatic rings. The van der Waals surface area contributed by atoms with Gasteiger partial charge in [0.15, 0.2) is 27.4 Å². The number of carbonyl (C=O) groups excluding carboxylic acids is 2. The Morgan fingerprint density at radius 3 is 2.43 bits per heavy atom. The van der Waals surface area contributed by atoms with E-state index >= 15 is 0 Å². The lowest BCUT2D eigenvalue weighted by molar-refractivity contribution is -0.152. The number of sulfone groups is 1. The molecule has 9 heteroatoms. The number of fused-ring (bicyclic) bond motifs is 1. The van der Waals surface area contributed by atoms with Crippen molar-refractivity contribution in [1.82, 2.24) is 0 Å². The second-order valence-corrected chi connectivity index (χ2v) is 8.97. The predicted octanol–water partition coefficient (Wildman–Crippen LogP) is 2.50. The number of rotatable bonds is 7. The number of ether oxygens (including phenoxy) is 3. The number of amides is 1. The normalized spacial score (nSPS) is 13.9. The number of hydrogen-bond acceptors (Lipinski definition) is 7. The Balaban J connectivity index is 1.51. The molecule has 0 radical (unpaired) electrons. The Labute approximate surface area is 175 Å². The van der Waals surface area contributed by atoms with Gasteiger partial charge in [0.2, 0.25) is 0 Å². The van der Waals surface area contributed by atoms with Gasteiger partial charge >= 0.3 is 5.97 Å². The first kappa shape index (κ1) is 21.6. The van der Waals surface area contributed by atoms with Gasteiger partial charge in [0, 0.05) is 11.8 Å². The fourth-order valence-corrected chi connectivity index (χ4v) is 3.98. The van der Waals surface area contributed by atoms with E-state index in [0.29, 0.717) is 30.4 Å². The van der Waals surface area contributed by atoms with E-state index in [9.17, 15) is 18.0 Å². The Morgan fingerprint density at radius 1 is 1.07 bits per heavy atom. The lowest BCUT2D eigenvalue weighted by atomic mass is 10.2. The fraction of sp³-hybridized carbons (Fsp3) is 0.333. The molecule has 160 valence electrons. The molecular formula is C21H23NO7S. The number of anilines is 1. The third-order valence-electron chi connectivity index (χ3n) is 4.44. The standard InChI is InChI=1S/C21H23NO7S/c1-14-3-6-17(7-4-14)30(25,26)12-9-20(23)29-15(2)21(24)22-16-5-8-18-19(13-16)28-11-10-27-18/h3-8,13,15H,9-12H2,1-2H3,(H,22,24). The second kappa shape index (κ2) is 9.17. The van der Waals surface area contributed by atoms with Crippen LogP contribution in [-0.4, -0.2) is 45.4 Å². The summed E-state index contributed by atoms with van der Waals surface area (Å²) in [7, 11) is -3.61. The molecule has 3 rings (SSSR count). The van der Waals surface area contributed by atoms with Gasteiger partial charge in [0.1, 0.15) is 13.2 Å². The van der Waals surface area contributed by atoms with E-state index in [1.807, 2.05) is 6.92 Å². The maximum absolute atomic E-state index is 12.3.